The van der Waals surface area contributed by atoms with E-state index in [2.05, 4.69) is 62.3 Å². The molecule has 1 aromatic rings. The lowest BCUT2D eigenvalue weighted by atomic mass is 9.56. The molecule has 0 amide bonds. The Morgan fingerprint density at radius 1 is 0.912 bits per heavy atom. The van der Waals surface area contributed by atoms with Gasteiger partial charge in [0, 0.05) is 11.1 Å². The molecule has 0 aliphatic rings. The maximum absolute atomic E-state index is 13.0. The van der Waals surface area contributed by atoms with Crippen molar-refractivity contribution in [2.75, 3.05) is 14.2 Å². The summed E-state index contributed by atoms with van der Waals surface area (Å²) in [6.07, 6.45) is 2.47. The van der Waals surface area contributed by atoms with Gasteiger partial charge in [-0.3, -0.25) is 4.55 Å². The fourth-order valence-electron chi connectivity index (χ4n) is 6.65. The van der Waals surface area contributed by atoms with Crippen molar-refractivity contribution in [1.29, 1.82) is 0 Å². The highest BCUT2D eigenvalue weighted by Gasteiger charge is 2.48. The van der Waals surface area contributed by atoms with Gasteiger partial charge in [0.1, 0.15) is 4.90 Å². The molecular formula is C27H48O6S. The Balaban J connectivity index is 4.40. The molecule has 0 saturated carbocycles. The lowest BCUT2D eigenvalue weighted by Gasteiger charge is -2.49. The molecule has 1 atom stereocenters. The fraction of sp³-hybridized carbons (Fsp3) is 0.778. The van der Waals surface area contributed by atoms with E-state index in [9.17, 15) is 18.1 Å². The molecule has 7 heteroatoms. The van der Waals surface area contributed by atoms with Crippen LogP contribution in [0, 0.1) is 22.2 Å². The maximum Gasteiger partial charge on any atom is 0.295 e. The number of benzene rings is 1. The van der Waals surface area contributed by atoms with Gasteiger partial charge in [-0.05, 0) is 47.3 Å². The van der Waals surface area contributed by atoms with Crippen molar-refractivity contribution < 1.29 is 27.6 Å². The van der Waals surface area contributed by atoms with E-state index in [-0.39, 0.29) is 50.9 Å². The van der Waals surface area contributed by atoms with Crippen LogP contribution in [0.2, 0.25) is 0 Å². The predicted octanol–water partition coefficient (Wildman–Crippen LogP) is 7.23. The molecule has 1 aromatic carbocycles. The van der Waals surface area contributed by atoms with Crippen molar-refractivity contribution in [1.82, 2.24) is 0 Å². The highest BCUT2D eigenvalue weighted by molar-refractivity contribution is 7.86. The smallest absolute Gasteiger partial charge is 0.295 e. The topological polar surface area (TPSA) is 93.1 Å². The number of methoxy groups -OCH3 is 2. The fourth-order valence-corrected chi connectivity index (χ4v) is 7.65. The summed E-state index contributed by atoms with van der Waals surface area (Å²) in [4.78, 5) is -0.242. The third kappa shape index (κ3) is 6.81. The Bertz CT molecular complexity index is 953. The van der Waals surface area contributed by atoms with Gasteiger partial charge in [0.2, 0.25) is 5.75 Å². The number of hydrogen-bond donors (Lipinski definition) is 2. The average Bonchev–Trinajstić information content (AvgIpc) is 2.59. The Morgan fingerprint density at radius 3 is 1.76 bits per heavy atom. The molecule has 0 aromatic heterocycles. The third-order valence-corrected chi connectivity index (χ3v) is 7.39. The first-order valence-corrected chi connectivity index (χ1v) is 13.7. The molecule has 0 heterocycles. The van der Waals surface area contributed by atoms with E-state index in [4.69, 9.17) is 9.47 Å². The summed E-state index contributed by atoms with van der Waals surface area (Å²) in [5.41, 5.74) is -0.234. The van der Waals surface area contributed by atoms with Crippen LogP contribution in [0.3, 0.4) is 0 Å². The predicted molar refractivity (Wildman–Crippen MR) is 139 cm³/mol. The normalized spacial score (nSPS) is 14.4. The molecule has 2 N–H and O–H groups in total. The van der Waals surface area contributed by atoms with Crippen LogP contribution in [0.1, 0.15) is 106 Å². The monoisotopic (exact) mass is 500 g/mol. The van der Waals surface area contributed by atoms with Crippen LogP contribution in [-0.2, 0) is 16.5 Å². The van der Waals surface area contributed by atoms with E-state index in [0.717, 1.165) is 12.8 Å². The van der Waals surface area contributed by atoms with Gasteiger partial charge in [0.25, 0.3) is 10.1 Å². The molecule has 198 valence electrons. The van der Waals surface area contributed by atoms with Crippen molar-refractivity contribution in [2.24, 2.45) is 22.2 Å². The second kappa shape index (κ2) is 10.7. The quantitative estimate of drug-likeness (QED) is 0.311. The van der Waals surface area contributed by atoms with Crippen LogP contribution in [0.15, 0.2) is 4.90 Å². The van der Waals surface area contributed by atoms with E-state index in [1.807, 2.05) is 6.92 Å². The summed E-state index contributed by atoms with van der Waals surface area (Å²) in [7, 11) is -1.83. The van der Waals surface area contributed by atoms with Crippen LogP contribution in [-0.4, -0.2) is 32.3 Å². The van der Waals surface area contributed by atoms with Gasteiger partial charge < -0.3 is 14.6 Å². The summed E-state index contributed by atoms with van der Waals surface area (Å²) in [6, 6.07) is 0. The van der Waals surface area contributed by atoms with Crippen molar-refractivity contribution in [3.05, 3.63) is 11.1 Å². The van der Waals surface area contributed by atoms with Gasteiger partial charge in [-0.2, -0.15) is 8.42 Å². The second-order valence-corrected chi connectivity index (χ2v) is 14.0. The second-order valence-electron chi connectivity index (χ2n) is 12.6. The van der Waals surface area contributed by atoms with E-state index < -0.39 is 15.5 Å². The SMILES string of the molecule is CCCc1c(O)c(OC)c(OC)c(C(C(C)(C)CC(C)C)C(C)(C)CC(C)(C)C)c1S(=O)(=O)O. The first kappa shape index (κ1) is 30.6. The van der Waals surface area contributed by atoms with Crippen molar-refractivity contribution in [2.45, 2.75) is 106 Å². The highest BCUT2D eigenvalue weighted by atomic mass is 32.2. The number of aromatic hydroxyl groups is 1. The largest absolute Gasteiger partial charge is 0.504 e. The summed E-state index contributed by atoms with van der Waals surface area (Å²) >= 11 is 0. The van der Waals surface area contributed by atoms with Crippen molar-refractivity contribution >= 4 is 10.1 Å². The van der Waals surface area contributed by atoms with Crippen LogP contribution < -0.4 is 9.47 Å². The van der Waals surface area contributed by atoms with Crippen LogP contribution >= 0.6 is 0 Å². The molecule has 0 spiro atoms. The zero-order valence-electron chi connectivity index (χ0n) is 23.4. The Morgan fingerprint density at radius 2 is 1.41 bits per heavy atom. The highest BCUT2D eigenvalue weighted by Crippen LogP contribution is 2.60. The average molecular weight is 501 g/mol. The zero-order chi connectivity index (χ0) is 26.9. The van der Waals surface area contributed by atoms with Gasteiger partial charge >= 0.3 is 0 Å². The molecular weight excluding hydrogens is 452 g/mol. The van der Waals surface area contributed by atoms with Crippen LogP contribution in [0.5, 0.6) is 17.2 Å². The first-order valence-electron chi connectivity index (χ1n) is 12.2. The minimum atomic E-state index is -4.70. The minimum absolute atomic E-state index is 0.0333. The molecule has 1 unspecified atom stereocenters. The zero-order valence-corrected chi connectivity index (χ0v) is 24.2. The summed E-state index contributed by atoms with van der Waals surface area (Å²) in [6.45, 7) is 21.3. The molecule has 0 bridgehead atoms. The molecule has 6 nitrogen and oxygen atoms in total. The van der Waals surface area contributed by atoms with Gasteiger partial charge in [0.15, 0.2) is 11.5 Å². The third-order valence-electron chi connectivity index (χ3n) is 6.41. The number of phenolic OH excluding ortho intramolecular Hbond substituents is 1. The van der Waals surface area contributed by atoms with Crippen LogP contribution in [0.4, 0.5) is 0 Å². The molecule has 0 saturated heterocycles. The summed E-state index contributed by atoms with van der Waals surface area (Å²) in [5.74, 6) is -0.0102. The molecule has 0 aliphatic heterocycles. The summed E-state index contributed by atoms with van der Waals surface area (Å²) < 4.78 is 47.8. The lowest BCUT2D eigenvalue weighted by Crippen LogP contribution is -2.39. The van der Waals surface area contributed by atoms with Crippen molar-refractivity contribution in [3.63, 3.8) is 0 Å². The van der Waals surface area contributed by atoms with Gasteiger partial charge in [-0.15, -0.1) is 0 Å². The lowest BCUT2D eigenvalue weighted by molar-refractivity contribution is 0.0750. The maximum atomic E-state index is 13.0. The summed E-state index contributed by atoms with van der Waals surface area (Å²) in [5, 5.41) is 11.0. The standard InChI is InChI=1S/C27H48O6S/c1-13-14-18-20(28)22(33-12)21(32-11)19(23(18)34(29,30)31)24(26(7,8)15-17(2)3)27(9,10)16-25(4,5)6/h17,24,28H,13-16H2,1-12H3,(H,29,30,31). The van der Waals surface area contributed by atoms with E-state index in [1.165, 1.54) is 14.2 Å². The molecule has 0 aliphatic carbocycles. The number of rotatable bonds is 11. The van der Waals surface area contributed by atoms with Gasteiger partial charge in [0.05, 0.1) is 14.2 Å². The molecule has 1 rings (SSSR count). The van der Waals surface area contributed by atoms with Crippen molar-refractivity contribution in [3.8, 4) is 17.2 Å². The molecule has 0 radical (unpaired) electrons. The number of hydrogen-bond acceptors (Lipinski definition) is 5. The Labute approximate surface area is 208 Å². The van der Waals surface area contributed by atoms with Crippen LogP contribution in [0.25, 0.3) is 0 Å². The van der Waals surface area contributed by atoms with Gasteiger partial charge in [-0.1, -0.05) is 75.7 Å². The molecule has 0 fully saturated rings. The number of phenols is 1. The first-order chi connectivity index (χ1) is 15.2. The Kier molecular flexibility index (Phi) is 9.57. The van der Waals surface area contributed by atoms with Gasteiger partial charge in [-0.25, -0.2) is 0 Å². The minimum Gasteiger partial charge on any atom is -0.504 e. The van der Waals surface area contributed by atoms with E-state index in [0.29, 0.717) is 17.9 Å². The number of ether oxygens (including phenoxy) is 2. The Hall–Kier alpha value is -1.47. The van der Waals surface area contributed by atoms with E-state index in [1.54, 1.807) is 0 Å². The molecule has 34 heavy (non-hydrogen) atoms. The van der Waals surface area contributed by atoms with E-state index >= 15 is 0 Å².